The Hall–Kier alpha value is -4.66. The van der Waals surface area contributed by atoms with Crippen LogP contribution in [-0.4, -0.2) is 66.4 Å². The highest BCUT2D eigenvalue weighted by Gasteiger charge is 2.48. The number of nitrogens with zero attached hydrogens (tertiary/aromatic N) is 4. The average molecular weight is 592 g/mol. The molecule has 5 amide bonds. The fraction of sp³-hybridized carbons (Fsp3) is 0.312. The molecule has 0 bridgehead atoms. The Bertz CT molecular complexity index is 1680. The van der Waals surface area contributed by atoms with Crippen LogP contribution in [0.25, 0.3) is 11.1 Å². The second kappa shape index (κ2) is 11.2. The van der Waals surface area contributed by atoms with Gasteiger partial charge in [-0.2, -0.15) is 5.26 Å². The normalized spacial score (nSPS) is 21.6. The maximum atomic E-state index is 14.1. The molecule has 6 rings (SSSR count). The summed E-state index contributed by atoms with van der Waals surface area (Å²) < 4.78 is 0.196. The molecule has 3 unspecified atom stereocenters. The van der Waals surface area contributed by atoms with Gasteiger partial charge in [-0.05, 0) is 55.2 Å². The lowest BCUT2D eigenvalue weighted by molar-refractivity contribution is -0.873. The summed E-state index contributed by atoms with van der Waals surface area (Å²) in [6, 6.07) is 17.4. The highest BCUT2D eigenvalue weighted by Crippen LogP contribution is 2.37. The van der Waals surface area contributed by atoms with E-state index >= 15 is 0 Å². The number of anilines is 1. The molecule has 2 radical (unpaired) electrons. The molecule has 2 saturated heterocycles. The summed E-state index contributed by atoms with van der Waals surface area (Å²) in [6.45, 7) is 2.32. The van der Waals surface area contributed by atoms with E-state index in [0.29, 0.717) is 32.8 Å². The molecule has 1 aromatic heterocycles. The van der Waals surface area contributed by atoms with Gasteiger partial charge in [0.05, 0.1) is 18.3 Å². The van der Waals surface area contributed by atoms with Crippen LogP contribution in [0.2, 0.25) is 6.04 Å². The number of nitrogens with one attached hydrogen (secondary N) is 2. The molecule has 11 heteroatoms. The molecule has 10 nitrogen and oxygen atoms in total. The number of nitriles is 1. The Morgan fingerprint density at radius 1 is 1.12 bits per heavy atom. The summed E-state index contributed by atoms with van der Waals surface area (Å²) in [5, 5.41) is 14.7. The number of aromatic nitrogens is 1. The van der Waals surface area contributed by atoms with Crippen molar-refractivity contribution in [3.8, 4) is 17.2 Å². The first kappa shape index (κ1) is 28.5. The van der Waals surface area contributed by atoms with E-state index in [1.54, 1.807) is 18.3 Å². The van der Waals surface area contributed by atoms with Crippen LogP contribution < -0.4 is 10.6 Å². The van der Waals surface area contributed by atoms with Crippen LogP contribution in [0.4, 0.5) is 10.5 Å². The number of carbonyl (C=O) groups is 4. The third kappa shape index (κ3) is 5.13. The molecular weight excluding hydrogens is 560 g/mol. The van der Waals surface area contributed by atoms with Crippen LogP contribution in [-0.2, 0) is 16.1 Å². The number of rotatable bonds is 6. The summed E-state index contributed by atoms with van der Waals surface area (Å²) in [7, 11) is 2.68. The zero-order chi connectivity index (χ0) is 30.3. The smallest absolute Gasteiger partial charge is 0.322 e. The van der Waals surface area contributed by atoms with Crippen molar-refractivity contribution in [2.45, 2.75) is 56.5 Å². The van der Waals surface area contributed by atoms with Crippen molar-refractivity contribution in [2.24, 2.45) is 0 Å². The molecule has 0 aliphatic carbocycles. The SMILES string of the molecule is C[C@@H](c1ccc(-c2cncc(C#N)c2)cc1)[N+](C)(C(=O)Nc1ccc2c(c1)CN(C1CCC(=O)NC1=O)C2=O)C1CC[Si]1. The number of imide groups is 1. The monoisotopic (exact) mass is 591 g/mol. The van der Waals surface area contributed by atoms with Crippen LogP contribution in [0.1, 0.15) is 59.3 Å². The van der Waals surface area contributed by atoms with Crippen molar-refractivity contribution in [3.63, 3.8) is 0 Å². The second-order valence-corrected chi connectivity index (χ2v) is 13.1. The summed E-state index contributed by atoms with van der Waals surface area (Å²) in [6.07, 6.45) is 4.73. The Morgan fingerprint density at radius 3 is 2.56 bits per heavy atom. The Morgan fingerprint density at radius 2 is 1.88 bits per heavy atom. The molecule has 4 atom stereocenters. The standard InChI is InChI=1S/C32H30N6O4Si/c1-19(21-3-5-22(6-4-21)23-13-20(15-33)16-34-17-23)38(2,29-11-12-43-29)32(42)35-25-7-8-26-24(14-25)18-37(31(26)41)27-9-10-28(39)36-30(27)40/h3-8,13-14,16-17,19,27,29H,9-12,18H2,1-2H3,(H-,35,36,39,40,41,42)/p+1/t19-,27?,29?,38?/m0/s1. The summed E-state index contributed by atoms with van der Waals surface area (Å²) in [4.78, 5) is 56.8. The zero-order valence-corrected chi connectivity index (χ0v) is 25.0. The molecule has 2 N–H and O–H groups in total. The molecule has 0 saturated carbocycles. The largest absolute Gasteiger partial charge is 0.421 e. The van der Waals surface area contributed by atoms with Gasteiger partial charge in [-0.25, -0.2) is 9.28 Å². The molecule has 4 heterocycles. The number of pyridine rings is 1. The predicted octanol–water partition coefficient (Wildman–Crippen LogP) is 3.97. The first-order valence-electron chi connectivity index (χ1n) is 14.3. The van der Waals surface area contributed by atoms with Crippen molar-refractivity contribution in [1.82, 2.24) is 15.2 Å². The van der Waals surface area contributed by atoms with Gasteiger partial charge in [-0.15, -0.1) is 0 Å². The van der Waals surface area contributed by atoms with E-state index in [2.05, 4.69) is 28.6 Å². The number of fused-ring (bicyclic) bond motifs is 1. The predicted molar refractivity (Wildman–Crippen MR) is 159 cm³/mol. The van der Waals surface area contributed by atoms with Crippen molar-refractivity contribution in [2.75, 3.05) is 12.4 Å². The van der Waals surface area contributed by atoms with Gasteiger partial charge in [0.25, 0.3) is 5.91 Å². The minimum atomic E-state index is -0.686. The van der Waals surface area contributed by atoms with Crippen molar-refractivity contribution >= 4 is 39.0 Å². The van der Waals surface area contributed by atoms with E-state index in [9.17, 15) is 24.4 Å². The lowest BCUT2D eigenvalue weighted by Crippen LogP contribution is -2.64. The van der Waals surface area contributed by atoms with Crippen LogP contribution >= 0.6 is 0 Å². The minimum absolute atomic E-state index is 0.119. The fourth-order valence-corrected chi connectivity index (χ4v) is 7.40. The highest BCUT2D eigenvalue weighted by atomic mass is 28.2. The summed E-state index contributed by atoms with van der Waals surface area (Å²) in [5.41, 5.74) is 5.38. The van der Waals surface area contributed by atoms with Crippen LogP contribution in [0.3, 0.4) is 0 Å². The van der Waals surface area contributed by atoms with E-state index in [0.717, 1.165) is 34.7 Å². The highest BCUT2D eigenvalue weighted by molar-refractivity contribution is 6.41. The zero-order valence-electron chi connectivity index (χ0n) is 24.0. The molecule has 3 aliphatic heterocycles. The average Bonchev–Trinajstić information content (AvgIpc) is 3.30. The summed E-state index contributed by atoms with van der Waals surface area (Å²) in [5.74, 6) is -1.02. The third-order valence-corrected chi connectivity index (χ3v) is 10.9. The topological polar surface area (TPSA) is 132 Å². The Kier molecular flexibility index (Phi) is 7.41. The van der Waals surface area contributed by atoms with Gasteiger partial charge in [0.2, 0.25) is 11.8 Å². The first-order chi connectivity index (χ1) is 20.7. The number of hydrogen-bond donors (Lipinski definition) is 2. The number of carbonyl (C=O) groups excluding carboxylic acids is 4. The van der Waals surface area contributed by atoms with Gasteiger partial charge < -0.3 is 4.90 Å². The number of urea groups is 1. The molecule has 2 aromatic carbocycles. The minimum Gasteiger partial charge on any atom is -0.322 e. The number of quaternary nitrogens is 1. The lowest BCUT2D eigenvalue weighted by atomic mass is 9.99. The van der Waals surface area contributed by atoms with Gasteiger partial charge in [0.15, 0.2) is 0 Å². The molecule has 216 valence electrons. The molecule has 43 heavy (non-hydrogen) atoms. The maximum Gasteiger partial charge on any atom is 0.421 e. The molecule has 3 aliphatic rings. The van der Waals surface area contributed by atoms with Gasteiger partial charge in [0.1, 0.15) is 27.7 Å². The Labute approximate surface area is 252 Å². The third-order valence-electron chi connectivity index (χ3n) is 9.06. The fourth-order valence-electron chi connectivity index (χ4n) is 6.14. The van der Waals surface area contributed by atoms with Crippen LogP contribution in [0.5, 0.6) is 0 Å². The van der Waals surface area contributed by atoms with Gasteiger partial charge in [-0.1, -0.05) is 30.3 Å². The van der Waals surface area contributed by atoms with Crippen molar-refractivity contribution in [3.05, 3.63) is 83.2 Å². The van der Waals surface area contributed by atoms with E-state index in [1.165, 1.54) is 11.1 Å². The number of hydrogen-bond acceptors (Lipinski definition) is 6. The quantitative estimate of drug-likeness (QED) is 0.253. The van der Waals surface area contributed by atoms with E-state index in [4.69, 9.17) is 0 Å². The molecule has 2 fully saturated rings. The second-order valence-electron chi connectivity index (χ2n) is 11.5. The van der Waals surface area contributed by atoms with Crippen molar-refractivity contribution < 1.29 is 23.7 Å². The first-order valence-corrected chi connectivity index (χ1v) is 15.6. The number of amides is 5. The molecule has 0 spiro atoms. The maximum absolute atomic E-state index is 14.1. The van der Waals surface area contributed by atoms with Crippen molar-refractivity contribution in [1.29, 1.82) is 5.26 Å². The molecule has 3 aromatic rings. The van der Waals surface area contributed by atoms with E-state index < -0.39 is 11.9 Å². The Balaban J connectivity index is 1.21. The van der Waals surface area contributed by atoms with Gasteiger partial charge in [-0.3, -0.25) is 30.0 Å². The van der Waals surface area contributed by atoms with Gasteiger partial charge in [0, 0.05) is 47.7 Å². The summed E-state index contributed by atoms with van der Waals surface area (Å²) >= 11 is 0. The van der Waals surface area contributed by atoms with E-state index in [-0.39, 0.29) is 47.0 Å². The van der Waals surface area contributed by atoms with Gasteiger partial charge >= 0.3 is 6.03 Å². The molecular formula is C32H31N6O4Si+. The lowest BCUT2D eigenvalue weighted by Gasteiger charge is -2.46. The number of benzene rings is 2. The number of piperidine rings is 1. The van der Waals surface area contributed by atoms with Crippen LogP contribution in [0.15, 0.2) is 60.9 Å². The van der Waals surface area contributed by atoms with E-state index in [1.807, 2.05) is 43.4 Å². The van der Waals surface area contributed by atoms with Crippen LogP contribution in [0, 0.1) is 11.3 Å².